The van der Waals surface area contributed by atoms with Crippen LogP contribution in [0.3, 0.4) is 0 Å². The second-order valence-corrected chi connectivity index (χ2v) is 6.35. The summed E-state index contributed by atoms with van der Waals surface area (Å²) in [4.78, 5) is 13.1. The molecule has 1 aliphatic heterocycles. The molecule has 118 valence electrons. The highest BCUT2D eigenvalue weighted by Crippen LogP contribution is 2.41. The third-order valence-corrected chi connectivity index (χ3v) is 3.44. The van der Waals surface area contributed by atoms with Gasteiger partial charge in [-0.2, -0.15) is 13.2 Å². The summed E-state index contributed by atoms with van der Waals surface area (Å²) in [5.74, 6) is -1.10. The Balaban J connectivity index is 2.82. The third-order valence-electron chi connectivity index (χ3n) is 3.44. The number of carbonyl (C=O) groups is 1. The van der Waals surface area contributed by atoms with Crippen molar-refractivity contribution in [3.05, 3.63) is 0 Å². The molecule has 7 heteroatoms. The van der Waals surface area contributed by atoms with Gasteiger partial charge in [0.05, 0.1) is 0 Å². The minimum Gasteiger partial charge on any atom is -0.444 e. The highest BCUT2D eigenvalue weighted by molar-refractivity contribution is 5.68. The minimum absolute atomic E-state index is 0.0829. The zero-order chi connectivity index (χ0) is 15.8. The van der Waals surface area contributed by atoms with Gasteiger partial charge >= 0.3 is 12.3 Å². The highest BCUT2D eigenvalue weighted by atomic mass is 19.4. The van der Waals surface area contributed by atoms with Crippen LogP contribution in [0.5, 0.6) is 0 Å². The number of aliphatic hydroxyl groups is 1. The van der Waals surface area contributed by atoms with E-state index in [0.717, 1.165) is 0 Å². The Bertz CT molecular complexity index is 365. The zero-order valence-corrected chi connectivity index (χ0v) is 12.3. The van der Waals surface area contributed by atoms with Crippen molar-refractivity contribution in [1.29, 1.82) is 0 Å². The highest BCUT2D eigenvalue weighted by Gasteiger charge is 2.57. The average molecular weight is 297 g/mol. The van der Waals surface area contributed by atoms with Gasteiger partial charge in [0.2, 0.25) is 0 Å². The lowest BCUT2D eigenvalue weighted by molar-refractivity contribution is -0.278. The number of rotatable bonds is 0. The number of ether oxygens (including phenoxy) is 1. The number of hydrogen-bond acceptors (Lipinski definition) is 3. The summed E-state index contributed by atoms with van der Waals surface area (Å²) >= 11 is 0. The van der Waals surface area contributed by atoms with Crippen molar-refractivity contribution in [2.75, 3.05) is 13.1 Å². The summed E-state index contributed by atoms with van der Waals surface area (Å²) in [6.07, 6.45) is -5.66. The van der Waals surface area contributed by atoms with Crippen molar-refractivity contribution in [3.63, 3.8) is 0 Å². The molecule has 1 N–H and O–H groups in total. The molecule has 0 spiro atoms. The monoisotopic (exact) mass is 297 g/mol. The van der Waals surface area contributed by atoms with Gasteiger partial charge in [0.15, 0.2) is 5.60 Å². The third kappa shape index (κ3) is 3.77. The number of nitrogens with zero attached hydrogens (tertiary/aromatic N) is 1. The zero-order valence-electron chi connectivity index (χ0n) is 12.3. The van der Waals surface area contributed by atoms with Gasteiger partial charge < -0.3 is 14.7 Å². The predicted octanol–water partition coefficient (Wildman–Crippen LogP) is 2.95. The van der Waals surface area contributed by atoms with E-state index in [0.29, 0.717) is 0 Å². The van der Waals surface area contributed by atoms with Gasteiger partial charge in [-0.1, -0.05) is 6.92 Å². The van der Waals surface area contributed by atoms with Crippen LogP contribution < -0.4 is 0 Å². The molecule has 1 saturated heterocycles. The van der Waals surface area contributed by atoms with Gasteiger partial charge in [-0.15, -0.1) is 0 Å². The topological polar surface area (TPSA) is 49.8 Å². The van der Waals surface area contributed by atoms with Crippen LogP contribution in [0.2, 0.25) is 0 Å². The maximum Gasteiger partial charge on any atom is 0.417 e. The molecule has 1 aliphatic rings. The summed E-state index contributed by atoms with van der Waals surface area (Å²) in [5.41, 5.74) is -3.45. The summed E-state index contributed by atoms with van der Waals surface area (Å²) in [6, 6.07) is 0. The summed E-state index contributed by atoms with van der Waals surface area (Å²) in [5, 5.41) is 9.88. The van der Waals surface area contributed by atoms with Crippen LogP contribution in [0.25, 0.3) is 0 Å². The SMILES string of the molecule is C[C@H]1CN(C(=O)OC(C)(C)C)CCC[C@@]1(O)C(F)(F)F. The Hall–Kier alpha value is -0.980. The molecule has 1 fully saturated rings. The molecular formula is C13H22F3NO3. The number of halogens is 3. The molecule has 0 radical (unpaired) electrons. The fraction of sp³-hybridized carbons (Fsp3) is 0.923. The van der Waals surface area contributed by atoms with Crippen LogP contribution in [-0.2, 0) is 4.74 Å². The Morgan fingerprint density at radius 1 is 1.35 bits per heavy atom. The number of alkyl halides is 3. The molecule has 0 aromatic rings. The molecule has 1 heterocycles. The van der Waals surface area contributed by atoms with E-state index in [1.54, 1.807) is 20.8 Å². The fourth-order valence-electron chi connectivity index (χ4n) is 2.27. The first-order valence-corrected chi connectivity index (χ1v) is 6.64. The number of likely N-dealkylation sites (tertiary alicyclic amines) is 1. The van der Waals surface area contributed by atoms with Gasteiger partial charge in [0.25, 0.3) is 0 Å². The van der Waals surface area contributed by atoms with Crippen molar-refractivity contribution in [1.82, 2.24) is 4.90 Å². The second kappa shape index (κ2) is 5.42. The van der Waals surface area contributed by atoms with E-state index in [1.165, 1.54) is 11.8 Å². The van der Waals surface area contributed by atoms with E-state index in [1.807, 2.05) is 0 Å². The fourth-order valence-corrected chi connectivity index (χ4v) is 2.27. The Morgan fingerprint density at radius 2 is 1.90 bits per heavy atom. The molecule has 4 nitrogen and oxygen atoms in total. The molecule has 2 atom stereocenters. The standard InChI is InChI=1S/C13H22F3NO3/c1-9-8-17(10(18)20-11(2,3)4)7-5-6-12(9,19)13(14,15)16/h9,19H,5-8H2,1-4H3/t9-,12-/m0/s1. The largest absolute Gasteiger partial charge is 0.444 e. The van der Waals surface area contributed by atoms with Gasteiger partial charge in [-0.05, 0) is 33.6 Å². The van der Waals surface area contributed by atoms with Gasteiger partial charge in [0.1, 0.15) is 5.60 Å². The Labute approximate surface area is 116 Å². The summed E-state index contributed by atoms with van der Waals surface area (Å²) in [6.45, 7) is 6.35. The van der Waals surface area contributed by atoms with Gasteiger partial charge in [-0.3, -0.25) is 0 Å². The minimum atomic E-state index is -4.70. The number of amides is 1. The van der Waals surface area contributed by atoms with Crippen LogP contribution in [0.15, 0.2) is 0 Å². The van der Waals surface area contributed by atoms with Crippen molar-refractivity contribution in [3.8, 4) is 0 Å². The van der Waals surface area contributed by atoms with Crippen LogP contribution in [-0.4, -0.2) is 46.6 Å². The van der Waals surface area contributed by atoms with Crippen LogP contribution in [0, 0.1) is 5.92 Å². The second-order valence-electron chi connectivity index (χ2n) is 6.35. The lowest BCUT2D eigenvalue weighted by Gasteiger charge is -2.35. The molecule has 0 unspecified atom stereocenters. The van der Waals surface area contributed by atoms with E-state index in [4.69, 9.17) is 4.74 Å². The van der Waals surface area contributed by atoms with E-state index in [9.17, 15) is 23.1 Å². The van der Waals surface area contributed by atoms with Crippen LogP contribution >= 0.6 is 0 Å². The molecule has 20 heavy (non-hydrogen) atoms. The molecule has 0 aromatic heterocycles. The molecule has 0 saturated carbocycles. The lowest BCUT2D eigenvalue weighted by Crippen LogP contribution is -2.52. The quantitative estimate of drug-likeness (QED) is 0.748. The van der Waals surface area contributed by atoms with E-state index in [2.05, 4.69) is 0 Å². The maximum atomic E-state index is 13.0. The van der Waals surface area contributed by atoms with E-state index in [-0.39, 0.29) is 19.5 Å². The van der Waals surface area contributed by atoms with Crippen molar-refractivity contribution in [2.45, 2.75) is 57.9 Å². The lowest BCUT2D eigenvalue weighted by atomic mass is 9.85. The predicted molar refractivity (Wildman–Crippen MR) is 67.2 cm³/mol. The average Bonchev–Trinajstić information content (AvgIpc) is 2.36. The molecule has 0 aromatic carbocycles. The summed E-state index contributed by atoms with van der Waals surface area (Å²) in [7, 11) is 0. The smallest absolute Gasteiger partial charge is 0.417 e. The van der Waals surface area contributed by atoms with Crippen molar-refractivity contribution < 1.29 is 27.8 Å². The van der Waals surface area contributed by atoms with Crippen molar-refractivity contribution in [2.24, 2.45) is 5.92 Å². The Morgan fingerprint density at radius 3 is 2.35 bits per heavy atom. The van der Waals surface area contributed by atoms with Gasteiger partial charge in [-0.25, -0.2) is 4.79 Å². The van der Waals surface area contributed by atoms with E-state index >= 15 is 0 Å². The molecule has 0 bridgehead atoms. The first kappa shape index (κ1) is 17.1. The molecule has 1 amide bonds. The maximum absolute atomic E-state index is 13.0. The molecular weight excluding hydrogens is 275 g/mol. The van der Waals surface area contributed by atoms with Crippen molar-refractivity contribution >= 4 is 6.09 Å². The molecule has 0 aliphatic carbocycles. The van der Waals surface area contributed by atoms with Crippen LogP contribution in [0.4, 0.5) is 18.0 Å². The van der Waals surface area contributed by atoms with Gasteiger partial charge in [0, 0.05) is 19.0 Å². The normalized spacial score (nSPS) is 29.0. The first-order chi connectivity index (χ1) is 8.87. The van der Waals surface area contributed by atoms with E-state index < -0.39 is 35.8 Å². The van der Waals surface area contributed by atoms with Crippen LogP contribution in [0.1, 0.15) is 40.5 Å². The number of hydrogen-bond donors (Lipinski definition) is 1. The first-order valence-electron chi connectivity index (χ1n) is 6.64. The molecule has 1 rings (SSSR count). The number of carbonyl (C=O) groups excluding carboxylic acids is 1. The Kier molecular flexibility index (Phi) is 4.63. The summed E-state index contributed by atoms with van der Waals surface area (Å²) < 4.78 is 44.1.